The number of carbonyl (C=O) groups is 2. The third-order valence-electron chi connectivity index (χ3n) is 2.77. The average Bonchev–Trinajstić information content (AvgIpc) is 2.45. The van der Waals surface area contributed by atoms with Gasteiger partial charge >= 0.3 is 12.1 Å². The first-order chi connectivity index (χ1) is 9.63. The molecule has 0 aliphatic rings. The highest BCUT2D eigenvalue weighted by Gasteiger charge is 2.18. The van der Waals surface area contributed by atoms with Gasteiger partial charge in [0.25, 0.3) is 0 Å². The zero-order valence-corrected chi connectivity index (χ0v) is 11.2. The lowest BCUT2D eigenvalue weighted by atomic mass is 9.96. The molecule has 5 heteroatoms. The molecule has 108 valence electrons. The number of carboxylic acids is 1. The van der Waals surface area contributed by atoms with Crippen molar-refractivity contribution in [3.63, 3.8) is 0 Å². The number of alkyl carbamates (subject to hydrolysis) is 1. The Morgan fingerprint density at radius 2 is 2.05 bits per heavy atom. The van der Waals surface area contributed by atoms with Crippen LogP contribution in [0.25, 0.3) is 0 Å². The third kappa shape index (κ3) is 6.04. The summed E-state index contributed by atoms with van der Waals surface area (Å²) in [5.41, 5.74) is 0.967. The number of carboxylic acid groups (broad SMARTS) is 1. The number of rotatable bonds is 8. The van der Waals surface area contributed by atoms with Crippen LogP contribution in [-0.4, -0.2) is 30.3 Å². The van der Waals surface area contributed by atoms with E-state index in [-0.39, 0.29) is 13.2 Å². The molecule has 1 aromatic rings. The van der Waals surface area contributed by atoms with E-state index in [4.69, 9.17) is 4.74 Å². The molecule has 1 unspecified atom stereocenters. The molecule has 0 bridgehead atoms. The first kappa shape index (κ1) is 15.8. The first-order valence-corrected chi connectivity index (χ1v) is 6.41. The Balaban J connectivity index is 2.38. The van der Waals surface area contributed by atoms with E-state index in [9.17, 15) is 14.7 Å². The molecular weight excluding hydrogens is 258 g/mol. The van der Waals surface area contributed by atoms with Crippen molar-refractivity contribution in [2.45, 2.75) is 12.8 Å². The van der Waals surface area contributed by atoms with Gasteiger partial charge in [0.2, 0.25) is 0 Å². The zero-order chi connectivity index (χ0) is 14.8. The van der Waals surface area contributed by atoms with Gasteiger partial charge in [-0.1, -0.05) is 43.0 Å². The van der Waals surface area contributed by atoms with Crippen LogP contribution in [0, 0.1) is 5.92 Å². The standard InChI is InChI=1S/C15H19NO4/c1-2-10-20-15(19)16-9-8-13(14(17)18)11-12-6-4-3-5-7-12/h2-7,13H,1,8-11H2,(H,16,19)(H,17,18). The van der Waals surface area contributed by atoms with E-state index in [0.29, 0.717) is 12.8 Å². The minimum atomic E-state index is -0.866. The second-order valence-corrected chi connectivity index (χ2v) is 4.33. The summed E-state index contributed by atoms with van der Waals surface area (Å²) < 4.78 is 4.74. The van der Waals surface area contributed by atoms with Crippen LogP contribution in [-0.2, 0) is 16.0 Å². The fourth-order valence-corrected chi connectivity index (χ4v) is 1.75. The van der Waals surface area contributed by atoms with Gasteiger partial charge in [-0.25, -0.2) is 4.79 Å². The summed E-state index contributed by atoms with van der Waals surface area (Å²) in [6.45, 7) is 3.83. The lowest BCUT2D eigenvalue weighted by Crippen LogP contribution is -2.29. The Morgan fingerprint density at radius 1 is 1.35 bits per heavy atom. The van der Waals surface area contributed by atoms with Crippen LogP contribution in [0.4, 0.5) is 4.79 Å². The number of nitrogens with one attached hydrogen (secondary N) is 1. The summed E-state index contributed by atoms with van der Waals surface area (Å²) in [5.74, 6) is -1.40. The minimum Gasteiger partial charge on any atom is -0.481 e. The molecule has 0 spiro atoms. The molecule has 0 fully saturated rings. The van der Waals surface area contributed by atoms with Gasteiger partial charge in [0.1, 0.15) is 6.61 Å². The largest absolute Gasteiger partial charge is 0.481 e. The van der Waals surface area contributed by atoms with Gasteiger partial charge in [-0.15, -0.1) is 0 Å². The molecule has 1 amide bonds. The maximum atomic E-state index is 11.2. The normalized spacial score (nSPS) is 11.4. The monoisotopic (exact) mass is 277 g/mol. The van der Waals surface area contributed by atoms with Gasteiger partial charge in [0.15, 0.2) is 0 Å². The molecule has 2 N–H and O–H groups in total. The van der Waals surface area contributed by atoms with E-state index in [1.807, 2.05) is 30.3 Å². The zero-order valence-electron chi connectivity index (χ0n) is 11.2. The van der Waals surface area contributed by atoms with Crippen molar-refractivity contribution in [1.29, 1.82) is 0 Å². The smallest absolute Gasteiger partial charge is 0.407 e. The molecule has 0 saturated heterocycles. The quantitative estimate of drug-likeness (QED) is 0.714. The highest BCUT2D eigenvalue weighted by atomic mass is 16.5. The molecular formula is C15H19NO4. The molecule has 20 heavy (non-hydrogen) atoms. The summed E-state index contributed by atoms with van der Waals surface area (Å²) in [7, 11) is 0. The number of benzene rings is 1. The first-order valence-electron chi connectivity index (χ1n) is 6.41. The number of amides is 1. The van der Waals surface area contributed by atoms with Crippen molar-refractivity contribution < 1.29 is 19.4 Å². The van der Waals surface area contributed by atoms with Crippen molar-refractivity contribution in [2.75, 3.05) is 13.2 Å². The fraction of sp³-hybridized carbons (Fsp3) is 0.333. The molecule has 1 atom stereocenters. The topological polar surface area (TPSA) is 75.6 Å². The van der Waals surface area contributed by atoms with Crippen LogP contribution >= 0.6 is 0 Å². The van der Waals surface area contributed by atoms with Crippen LogP contribution in [0.15, 0.2) is 43.0 Å². The summed E-state index contributed by atoms with van der Waals surface area (Å²) in [4.78, 5) is 22.4. The number of hydrogen-bond donors (Lipinski definition) is 2. The molecule has 0 aliphatic heterocycles. The van der Waals surface area contributed by atoms with E-state index in [2.05, 4.69) is 11.9 Å². The fourth-order valence-electron chi connectivity index (χ4n) is 1.75. The molecule has 0 heterocycles. The second kappa shape index (κ2) is 8.74. The maximum Gasteiger partial charge on any atom is 0.407 e. The SMILES string of the molecule is C=CCOC(=O)NCCC(Cc1ccccc1)C(=O)O. The predicted octanol–water partition coefficient (Wildman–Crippen LogP) is 2.23. The van der Waals surface area contributed by atoms with Crippen molar-refractivity contribution in [3.8, 4) is 0 Å². The van der Waals surface area contributed by atoms with E-state index in [1.165, 1.54) is 6.08 Å². The van der Waals surface area contributed by atoms with Crippen LogP contribution < -0.4 is 5.32 Å². The van der Waals surface area contributed by atoms with Crippen LogP contribution in [0.3, 0.4) is 0 Å². The van der Waals surface area contributed by atoms with Crippen LogP contribution in [0.1, 0.15) is 12.0 Å². The highest BCUT2D eigenvalue weighted by Crippen LogP contribution is 2.12. The molecule has 1 rings (SSSR count). The van der Waals surface area contributed by atoms with Crippen molar-refractivity contribution in [1.82, 2.24) is 5.32 Å². The van der Waals surface area contributed by atoms with Crippen molar-refractivity contribution >= 4 is 12.1 Å². The van der Waals surface area contributed by atoms with E-state index in [0.717, 1.165) is 5.56 Å². The Labute approximate surface area is 118 Å². The average molecular weight is 277 g/mol. The van der Waals surface area contributed by atoms with Crippen molar-refractivity contribution in [2.24, 2.45) is 5.92 Å². The Bertz CT molecular complexity index is 444. The van der Waals surface area contributed by atoms with E-state index >= 15 is 0 Å². The lowest BCUT2D eigenvalue weighted by molar-refractivity contribution is -0.141. The van der Waals surface area contributed by atoms with Gasteiger partial charge in [-0.3, -0.25) is 4.79 Å². The summed E-state index contributed by atoms with van der Waals surface area (Å²) in [5, 5.41) is 11.7. The Kier molecular flexibility index (Phi) is 6.89. The Hall–Kier alpha value is -2.30. The van der Waals surface area contributed by atoms with Gasteiger partial charge in [-0.2, -0.15) is 0 Å². The number of hydrogen-bond acceptors (Lipinski definition) is 3. The van der Waals surface area contributed by atoms with Gasteiger partial charge in [-0.05, 0) is 18.4 Å². The predicted molar refractivity (Wildman–Crippen MR) is 75.4 cm³/mol. The van der Waals surface area contributed by atoms with E-state index in [1.54, 1.807) is 0 Å². The highest BCUT2D eigenvalue weighted by molar-refractivity contribution is 5.71. The van der Waals surface area contributed by atoms with Gasteiger partial charge < -0.3 is 15.2 Å². The maximum absolute atomic E-state index is 11.2. The second-order valence-electron chi connectivity index (χ2n) is 4.33. The molecule has 0 aliphatic carbocycles. The lowest BCUT2D eigenvalue weighted by Gasteiger charge is -2.13. The summed E-state index contributed by atoms with van der Waals surface area (Å²) >= 11 is 0. The third-order valence-corrected chi connectivity index (χ3v) is 2.77. The van der Waals surface area contributed by atoms with Crippen LogP contribution in [0.5, 0.6) is 0 Å². The number of aliphatic carboxylic acids is 1. The number of carbonyl (C=O) groups excluding carboxylic acids is 1. The van der Waals surface area contributed by atoms with Gasteiger partial charge in [0, 0.05) is 6.54 Å². The van der Waals surface area contributed by atoms with Gasteiger partial charge in [0.05, 0.1) is 5.92 Å². The van der Waals surface area contributed by atoms with Crippen molar-refractivity contribution in [3.05, 3.63) is 48.6 Å². The molecule has 1 aromatic carbocycles. The van der Waals surface area contributed by atoms with E-state index < -0.39 is 18.0 Å². The Morgan fingerprint density at radius 3 is 2.65 bits per heavy atom. The summed E-state index contributed by atoms with van der Waals surface area (Å²) in [6, 6.07) is 9.41. The molecule has 0 radical (unpaired) electrons. The van der Waals surface area contributed by atoms with Crippen LogP contribution in [0.2, 0.25) is 0 Å². The number of ether oxygens (including phenoxy) is 1. The minimum absolute atomic E-state index is 0.137. The molecule has 0 aromatic heterocycles. The summed E-state index contributed by atoms with van der Waals surface area (Å²) in [6.07, 6.45) is 1.70. The molecule has 0 saturated carbocycles. The molecule has 5 nitrogen and oxygen atoms in total.